The Morgan fingerprint density at radius 3 is 2.79 bits per heavy atom. The second kappa shape index (κ2) is 8.60. The number of alkyl halides is 3. The van der Waals surface area contributed by atoms with Crippen molar-refractivity contribution in [3.63, 3.8) is 0 Å². The van der Waals surface area contributed by atoms with Gasteiger partial charge in [-0.25, -0.2) is 4.98 Å². The molecule has 2 aromatic heterocycles. The molecule has 0 spiro atoms. The van der Waals surface area contributed by atoms with E-state index in [1.165, 1.54) is 17.2 Å². The maximum atomic E-state index is 13.5. The monoisotopic (exact) mass is 475 g/mol. The van der Waals surface area contributed by atoms with Crippen LogP contribution in [0, 0.1) is 0 Å². The Labute approximate surface area is 191 Å². The number of para-hydroxylation sites is 1. The highest BCUT2D eigenvalue weighted by atomic mass is 19.4. The summed E-state index contributed by atoms with van der Waals surface area (Å²) in [5.74, 6) is 0.266. The van der Waals surface area contributed by atoms with Gasteiger partial charge in [-0.1, -0.05) is 12.1 Å². The minimum Gasteiger partial charge on any atom is -0.489 e. The second-order valence-corrected chi connectivity index (χ2v) is 7.76. The van der Waals surface area contributed by atoms with Gasteiger partial charge in [-0.15, -0.1) is 0 Å². The van der Waals surface area contributed by atoms with Crippen molar-refractivity contribution in [2.45, 2.75) is 25.7 Å². The van der Waals surface area contributed by atoms with Gasteiger partial charge in [0, 0.05) is 17.5 Å². The van der Waals surface area contributed by atoms with Crippen LogP contribution >= 0.6 is 0 Å². The molecule has 2 aliphatic rings. The highest BCUT2D eigenvalue weighted by Crippen LogP contribution is 2.39. The van der Waals surface area contributed by atoms with Gasteiger partial charge in [-0.2, -0.15) is 23.1 Å². The van der Waals surface area contributed by atoms with Crippen LogP contribution in [0.15, 0.2) is 30.5 Å². The number of rotatable bonds is 1. The van der Waals surface area contributed by atoms with Crippen LogP contribution in [0.3, 0.4) is 0 Å². The number of benzene rings is 1. The lowest BCUT2D eigenvalue weighted by Crippen LogP contribution is -2.46. The average Bonchev–Trinajstić information content (AvgIpc) is 2.84. The molecule has 4 heterocycles. The number of amides is 1. The van der Waals surface area contributed by atoms with Gasteiger partial charge in [0.2, 0.25) is 0 Å². The molecule has 2 bridgehead atoms. The summed E-state index contributed by atoms with van der Waals surface area (Å²) in [4.78, 5) is 27.2. The second-order valence-electron chi connectivity index (χ2n) is 7.76. The number of hydrogen-bond donors (Lipinski definition) is 1. The fourth-order valence-corrected chi connectivity index (χ4v) is 3.87. The van der Waals surface area contributed by atoms with Gasteiger partial charge in [-0.3, -0.25) is 9.69 Å². The number of halogens is 3. The minimum absolute atomic E-state index is 0.00990. The molecule has 1 saturated heterocycles. The molecule has 3 aromatic rings. The van der Waals surface area contributed by atoms with Crippen LogP contribution in [-0.4, -0.2) is 53.3 Å². The predicted molar refractivity (Wildman–Crippen MR) is 115 cm³/mol. The summed E-state index contributed by atoms with van der Waals surface area (Å²) >= 11 is 0. The van der Waals surface area contributed by atoms with E-state index in [1.807, 2.05) is 0 Å². The minimum atomic E-state index is -4.57. The van der Waals surface area contributed by atoms with Crippen molar-refractivity contribution in [2.75, 3.05) is 36.6 Å². The zero-order valence-electron chi connectivity index (χ0n) is 18.1. The number of nitrogens with zero attached hydrogens (tertiary/aromatic N) is 4. The maximum Gasteiger partial charge on any atom is 0.419 e. The van der Waals surface area contributed by atoms with Crippen LogP contribution < -0.4 is 19.7 Å². The molecule has 1 atom stereocenters. The third kappa shape index (κ3) is 4.16. The van der Waals surface area contributed by atoms with Crippen molar-refractivity contribution < 1.29 is 32.2 Å². The van der Waals surface area contributed by atoms with Crippen LogP contribution in [-0.2, 0) is 22.3 Å². The van der Waals surface area contributed by atoms with E-state index in [0.717, 1.165) is 6.07 Å². The van der Waals surface area contributed by atoms with Gasteiger partial charge in [0.1, 0.15) is 36.7 Å². The molecule has 178 valence electrons. The van der Waals surface area contributed by atoms with E-state index in [2.05, 4.69) is 20.3 Å². The Bertz CT molecular complexity index is 1250. The number of carbonyl (C=O) groups is 1. The molecule has 34 heavy (non-hydrogen) atoms. The van der Waals surface area contributed by atoms with Gasteiger partial charge in [0.05, 0.1) is 30.4 Å². The van der Waals surface area contributed by atoms with E-state index < -0.39 is 17.8 Å². The van der Waals surface area contributed by atoms with Gasteiger partial charge in [-0.05, 0) is 19.1 Å². The quantitative estimate of drug-likeness (QED) is 0.573. The molecule has 0 radical (unpaired) electrons. The Morgan fingerprint density at radius 2 is 1.97 bits per heavy atom. The van der Waals surface area contributed by atoms with Gasteiger partial charge in [0.25, 0.3) is 5.91 Å². The first-order valence-electron chi connectivity index (χ1n) is 10.6. The maximum absolute atomic E-state index is 13.5. The van der Waals surface area contributed by atoms with Crippen LogP contribution in [0.2, 0.25) is 0 Å². The predicted octanol–water partition coefficient (Wildman–Crippen LogP) is 3.18. The zero-order chi connectivity index (χ0) is 23.9. The van der Waals surface area contributed by atoms with Crippen molar-refractivity contribution in [1.82, 2.24) is 15.0 Å². The fraction of sp³-hybridized carbons (Fsp3) is 0.364. The number of fused-ring (bicyclic) bond motifs is 5. The molecule has 2 aliphatic heterocycles. The highest BCUT2D eigenvalue weighted by Gasteiger charge is 2.35. The van der Waals surface area contributed by atoms with Gasteiger partial charge in [0.15, 0.2) is 0 Å². The number of nitrogens with one attached hydrogen (secondary N) is 1. The highest BCUT2D eigenvalue weighted by molar-refractivity contribution is 5.99. The molecule has 0 aliphatic carbocycles. The number of ether oxygens (including phenoxy) is 3. The Morgan fingerprint density at radius 1 is 1.15 bits per heavy atom. The number of pyridine rings is 1. The summed E-state index contributed by atoms with van der Waals surface area (Å²) in [7, 11) is 0. The molecule has 12 heteroatoms. The first kappa shape index (κ1) is 22.1. The van der Waals surface area contributed by atoms with Crippen molar-refractivity contribution in [2.24, 2.45) is 0 Å². The molecule has 5 rings (SSSR count). The lowest BCUT2D eigenvalue weighted by molar-refractivity contribution is -0.139. The SMILES string of the molecule is CC1OCCN(c2cc3c4nc(nc3cn2)OCCOc2c(cccc2C(F)(F)F)CN4)C1=O. The van der Waals surface area contributed by atoms with Gasteiger partial charge >= 0.3 is 12.2 Å². The summed E-state index contributed by atoms with van der Waals surface area (Å²) in [5, 5.41) is 3.62. The molecular formula is C22H20F3N5O4. The molecule has 1 N–H and O–H groups in total. The molecule has 9 nitrogen and oxygen atoms in total. The van der Waals surface area contributed by atoms with E-state index in [9.17, 15) is 18.0 Å². The number of morpholine rings is 1. The number of anilines is 2. The van der Waals surface area contributed by atoms with Crippen molar-refractivity contribution in [3.05, 3.63) is 41.6 Å². The van der Waals surface area contributed by atoms with E-state index >= 15 is 0 Å². The number of hydrogen-bond acceptors (Lipinski definition) is 8. The number of aromatic nitrogens is 3. The molecule has 1 unspecified atom stereocenters. The Balaban J connectivity index is 1.55. The Kier molecular flexibility index (Phi) is 5.60. The summed E-state index contributed by atoms with van der Waals surface area (Å²) in [6.07, 6.45) is -3.65. The zero-order valence-corrected chi connectivity index (χ0v) is 18.1. The standard InChI is InChI=1S/C22H20F3N5O4/c1-12-20(31)30(5-6-32-12)17-9-14-16(11-26-17)28-21-29-19(14)27-10-13-3-2-4-15(22(23,24)25)18(13)33-7-8-34-21/h2-4,9,11-12H,5-8,10H2,1H3,(H,27,28,29). The third-order valence-corrected chi connectivity index (χ3v) is 5.53. The lowest BCUT2D eigenvalue weighted by Gasteiger charge is -2.30. The van der Waals surface area contributed by atoms with E-state index in [-0.39, 0.29) is 37.4 Å². The van der Waals surface area contributed by atoms with Crippen molar-refractivity contribution in [1.29, 1.82) is 0 Å². The third-order valence-electron chi connectivity index (χ3n) is 5.53. The lowest BCUT2D eigenvalue weighted by atomic mass is 10.1. The summed E-state index contributed by atoms with van der Waals surface area (Å²) in [6, 6.07) is 5.57. The van der Waals surface area contributed by atoms with E-state index in [1.54, 1.807) is 19.1 Å². The molecule has 1 amide bonds. The topological polar surface area (TPSA) is 98.7 Å². The molecular weight excluding hydrogens is 455 g/mol. The first-order valence-corrected chi connectivity index (χ1v) is 10.6. The van der Waals surface area contributed by atoms with Crippen LogP contribution in [0.1, 0.15) is 18.1 Å². The molecule has 0 saturated carbocycles. The van der Waals surface area contributed by atoms with Crippen molar-refractivity contribution in [3.8, 4) is 11.8 Å². The van der Waals surface area contributed by atoms with Gasteiger partial charge < -0.3 is 19.5 Å². The number of carbonyl (C=O) groups excluding carboxylic acids is 1. The Hall–Kier alpha value is -3.67. The van der Waals surface area contributed by atoms with Crippen LogP contribution in [0.4, 0.5) is 24.8 Å². The average molecular weight is 475 g/mol. The smallest absolute Gasteiger partial charge is 0.419 e. The summed E-state index contributed by atoms with van der Waals surface area (Å²) in [6.45, 7) is 2.23. The summed E-state index contributed by atoms with van der Waals surface area (Å²) < 4.78 is 57.0. The largest absolute Gasteiger partial charge is 0.489 e. The summed E-state index contributed by atoms with van der Waals surface area (Å²) in [5.41, 5.74) is -0.0916. The first-order chi connectivity index (χ1) is 16.3. The van der Waals surface area contributed by atoms with Crippen LogP contribution in [0.25, 0.3) is 10.9 Å². The van der Waals surface area contributed by atoms with E-state index in [4.69, 9.17) is 14.2 Å². The van der Waals surface area contributed by atoms with Crippen molar-refractivity contribution >= 4 is 28.4 Å². The van der Waals surface area contributed by atoms with Crippen LogP contribution in [0.5, 0.6) is 11.8 Å². The molecule has 1 fully saturated rings. The van der Waals surface area contributed by atoms with E-state index in [0.29, 0.717) is 41.3 Å². The normalized spacial score (nSPS) is 18.9. The molecule has 1 aromatic carbocycles. The fourth-order valence-electron chi connectivity index (χ4n) is 3.87.